The second kappa shape index (κ2) is 30.6. The Balaban J connectivity index is 0.000000129. The van der Waals surface area contributed by atoms with Crippen LogP contribution in [0.3, 0.4) is 0 Å². The largest absolute Gasteiger partial charge is 0.496 e. The fourth-order valence-electron chi connectivity index (χ4n) is 12.9. The fourth-order valence-corrected chi connectivity index (χ4v) is 14.0. The quantitative estimate of drug-likeness (QED) is 0.0670. The molecule has 4 fully saturated rings. The lowest BCUT2D eigenvalue weighted by Gasteiger charge is -2.32. The number of hydrogen-bond acceptors (Lipinski definition) is 19. The van der Waals surface area contributed by atoms with Crippen molar-refractivity contribution < 1.29 is 37.9 Å². The van der Waals surface area contributed by atoms with Gasteiger partial charge in [-0.05, 0) is 158 Å². The van der Waals surface area contributed by atoms with Gasteiger partial charge in [-0.15, -0.1) is 0 Å². The molecule has 2 saturated heterocycles. The fraction of sp³-hybridized carbons (Fsp3) is 0.319. The van der Waals surface area contributed by atoms with E-state index in [1.807, 2.05) is 105 Å². The molecule has 28 heteroatoms. The minimum absolute atomic E-state index is 0.154. The summed E-state index contributed by atoms with van der Waals surface area (Å²) in [7, 11) is 2.56. The van der Waals surface area contributed by atoms with E-state index in [4.69, 9.17) is 45.7 Å². The van der Waals surface area contributed by atoms with Gasteiger partial charge >= 0.3 is 13.2 Å². The van der Waals surface area contributed by atoms with Gasteiger partial charge in [0.1, 0.15) is 84.5 Å². The Morgan fingerprint density at radius 1 is 0.560 bits per heavy atom. The summed E-state index contributed by atoms with van der Waals surface area (Å²) in [6, 6.07) is 30.9. The summed E-state index contributed by atoms with van der Waals surface area (Å²) in [6.07, 6.45) is 25.1. The number of benzene rings is 3. The molecule has 516 valence electrons. The molecule has 2 saturated carbocycles. The first kappa shape index (κ1) is 69.9. The average Bonchev–Trinajstić information content (AvgIpc) is 1.71. The number of anilines is 5. The van der Waals surface area contributed by atoms with Crippen molar-refractivity contribution in [1.82, 2.24) is 58.0 Å². The summed E-state index contributed by atoms with van der Waals surface area (Å²) in [5, 5.41) is 5.55. The van der Waals surface area contributed by atoms with Crippen molar-refractivity contribution in [2.75, 3.05) is 48.6 Å². The SMILES string of the molecule is COc1cc(-c2nc(C3CCCC3)n3ccnc(N)c23)ccc1C(=O)Nc1ccccn1.COc1cc(B2OC(C)(C)C(C)(C)O2)ccc1C(=O)Nc1ccccn1.Nc1nccn2c(C3CCCC3)nc(Br)c12.Nc1nccn2c([C@@H]3CCCN3C(=O)OCc3ccccc3)nc(Br)c12. The molecular weight excluding hydrogens is 1400 g/mol. The molecule has 4 aliphatic rings. The highest BCUT2D eigenvalue weighted by molar-refractivity contribution is 9.10. The zero-order valence-corrected chi connectivity index (χ0v) is 59.5. The molecule has 2 aliphatic heterocycles. The van der Waals surface area contributed by atoms with E-state index in [9.17, 15) is 14.4 Å². The van der Waals surface area contributed by atoms with Crippen LogP contribution in [0.4, 0.5) is 33.9 Å². The minimum Gasteiger partial charge on any atom is -0.496 e. The zero-order chi connectivity index (χ0) is 70.2. The van der Waals surface area contributed by atoms with Crippen molar-refractivity contribution in [2.45, 2.75) is 128 Å². The van der Waals surface area contributed by atoms with Crippen molar-refractivity contribution in [3.05, 3.63) is 196 Å². The smallest absolute Gasteiger partial charge is 0.494 e. The summed E-state index contributed by atoms with van der Waals surface area (Å²) in [6.45, 7) is 8.90. The molecule has 0 unspecified atom stereocenters. The number of hydrogen-bond donors (Lipinski definition) is 5. The molecule has 3 amide bonds. The molecule has 11 aromatic rings. The topological polar surface area (TPSA) is 319 Å². The maximum atomic E-state index is 12.8. The van der Waals surface area contributed by atoms with Crippen molar-refractivity contribution >= 4 is 108 Å². The Kier molecular flexibility index (Phi) is 21.4. The van der Waals surface area contributed by atoms with Crippen LogP contribution in [0, 0.1) is 0 Å². The van der Waals surface area contributed by atoms with Crippen molar-refractivity contribution in [3.63, 3.8) is 0 Å². The first-order chi connectivity index (χ1) is 48.3. The molecule has 10 heterocycles. The molecule has 8 aromatic heterocycles. The van der Waals surface area contributed by atoms with Gasteiger partial charge in [-0.3, -0.25) is 27.7 Å². The van der Waals surface area contributed by atoms with E-state index in [0.717, 1.165) is 81.1 Å². The first-order valence-corrected chi connectivity index (χ1v) is 34.7. The Morgan fingerprint density at radius 3 is 1.57 bits per heavy atom. The molecule has 1 atom stereocenters. The van der Waals surface area contributed by atoms with Gasteiger partial charge in [0.25, 0.3) is 11.8 Å². The Bertz CT molecular complexity index is 4710. The van der Waals surface area contributed by atoms with Crippen LogP contribution in [0.2, 0.25) is 0 Å². The normalized spacial score (nSPS) is 16.3. The summed E-state index contributed by atoms with van der Waals surface area (Å²) in [5.41, 5.74) is 23.8. The maximum absolute atomic E-state index is 12.8. The predicted octanol–water partition coefficient (Wildman–Crippen LogP) is 13.2. The molecular formula is C72H78BBr2N17O8. The van der Waals surface area contributed by atoms with Crippen LogP contribution >= 0.6 is 31.9 Å². The van der Waals surface area contributed by atoms with Crippen LogP contribution in [0.25, 0.3) is 27.8 Å². The number of methoxy groups -OCH3 is 2. The van der Waals surface area contributed by atoms with Gasteiger partial charge in [0.15, 0.2) is 11.6 Å². The van der Waals surface area contributed by atoms with Crippen LogP contribution in [0.1, 0.15) is 154 Å². The Morgan fingerprint density at radius 2 is 1.04 bits per heavy atom. The van der Waals surface area contributed by atoms with Gasteiger partial charge in [-0.25, -0.2) is 44.7 Å². The molecule has 25 nitrogen and oxygen atoms in total. The number of imidazole rings is 3. The van der Waals surface area contributed by atoms with Crippen molar-refractivity contribution in [2.24, 2.45) is 0 Å². The van der Waals surface area contributed by atoms with Crippen LogP contribution in [-0.4, -0.2) is 115 Å². The summed E-state index contributed by atoms with van der Waals surface area (Å²) < 4.78 is 36.0. The first-order valence-electron chi connectivity index (χ1n) is 33.1. The summed E-state index contributed by atoms with van der Waals surface area (Å²) in [5.74, 6) is 6.49. The number of nitrogens with two attached hydrogens (primary N) is 3. The molecule has 15 rings (SSSR count). The number of ether oxygens (including phenoxy) is 3. The third-order valence-corrected chi connectivity index (χ3v) is 19.8. The van der Waals surface area contributed by atoms with Gasteiger partial charge < -0.3 is 51.4 Å². The summed E-state index contributed by atoms with van der Waals surface area (Å²) in [4.78, 5) is 74.6. The number of halogens is 2. The van der Waals surface area contributed by atoms with E-state index in [1.54, 1.807) is 91.5 Å². The van der Waals surface area contributed by atoms with E-state index >= 15 is 0 Å². The Labute approximate surface area is 595 Å². The highest BCUT2D eigenvalue weighted by atomic mass is 79.9. The van der Waals surface area contributed by atoms with E-state index in [-0.39, 0.29) is 30.6 Å². The number of nitrogens with zero attached hydrogens (tertiary/aromatic N) is 12. The third-order valence-electron chi connectivity index (χ3n) is 18.7. The number of carbonyl (C=O) groups is 3. The number of fused-ring (bicyclic) bond motifs is 3. The minimum atomic E-state index is -0.512. The van der Waals surface area contributed by atoms with E-state index in [0.29, 0.717) is 80.2 Å². The van der Waals surface area contributed by atoms with E-state index in [1.165, 1.54) is 45.6 Å². The third kappa shape index (κ3) is 15.1. The molecule has 100 heavy (non-hydrogen) atoms. The Hall–Kier alpha value is -10.0. The monoisotopic (exact) mass is 1480 g/mol. The van der Waals surface area contributed by atoms with Crippen LogP contribution in [0.5, 0.6) is 11.5 Å². The van der Waals surface area contributed by atoms with Crippen LogP contribution in [-0.2, 0) is 20.7 Å². The molecule has 2 aliphatic carbocycles. The highest BCUT2D eigenvalue weighted by Crippen LogP contribution is 2.41. The predicted molar refractivity (Wildman–Crippen MR) is 390 cm³/mol. The number of amides is 3. The maximum Gasteiger partial charge on any atom is 0.494 e. The van der Waals surface area contributed by atoms with Gasteiger partial charge in [0.2, 0.25) is 0 Å². The standard InChI is InChI=1S/C24H24N6O2.C19H23BN2O4.C18H18BrN5O2.C11H13BrN4/c1-32-18-14-16(9-10-17(18)24(31)28-19-8-4-5-11-26-19)20-21-22(25)27-12-13-30(21)23(29-20)15-6-2-3-7-15;1-18(2)19(3,4)26-20(25-18)13-9-10-14(15(12-13)24-5)17(23)22-16-8-6-7-11-21-16;19-15-14-16(20)21-8-10-24(14)17(22-15)13-7-4-9-23(13)18(25)26-11-12-5-2-1-3-6-12;12-9-8-10(13)14-5-6-16(8)11(15-9)7-3-1-2-4-7/h4-5,8-15H,2-3,6-7H2,1H3,(H2,25,27)(H,26,28,31);6-12H,1-5H3,(H,21,22,23);1-3,5-6,8,10,13H,4,7,9,11H2,(H2,20,21);5-7H,1-4H2,(H2,13,14)/t;;13-;/m..0./s1. The number of likely N-dealkylation sites (tertiary alicyclic amines) is 1. The number of carbonyl (C=O) groups excluding carboxylic acids is 3. The van der Waals surface area contributed by atoms with Gasteiger partial charge in [-0.1, -0.05) is 80.3 Å². The molecule has 3 aromatic carbocycles. The highest BCUT2D eigenvalue weighted by Gasteiger charge is 2.52. The molecule has 0 spiro atoms. The van der Waals surface area contributed by atoms with Crippen molar-refractivity contribution in [3.8, 4) is 22.8 Å². The van der Waals surface area contributed by atoms with Crippen LogP contribution < -0.4 is 42.8 Å². The van der Waals surface area contributed by atoms with Gasteiger partial charge in [0, 0.05) is 73.5 Å². The van der Waals surface area contributed by atoms with Gasteiger partial charge in [-0.2, -0.15) is 0 Å². The number of pyridine rings is 2. The molecule has 8 N–H and O–H groups in total. The second-order valence-corrected chi connectivity index (χ2v) is 27.1. The molecule has 0 bridgehead atoms. The van der Waals surface area contributed by atoms with Crippen LogP contribution in [0.15, 0.2) is 162 Å². The lowest BCUT2D eigenvalue weighted by Crippen LogP contribution is -2.41. The lowest BCUT2D eigenvalue weighted by molar-refractivity contribution is 0.00578. The second-order valence-electron chi connectivity index (χ2n) is 25.6. The van der Waals surface area contributed by atoms with E-state index < -0.39 is 18.3 Å². The van der Waals surface area contributed by atoms with Crippen molar-refractivity contribution in [1.29, 1.82) is 0 Å². The number of nitrogen functional groups attached to an aromatic ring is 3. The summed E-state index contributed by atoms with van der Waals surface area (Å²) >= 11 is 6.91. The lowest BCUT2D eigenvalue weighted by atomic mass is 9.78. The van der Waals surface area contributed by atoms with E-state index in [2.05, 4.69) is 86.2 Å². The number of aromatic nitrogens is 11. The zero-order valence-electron chi connectivity index (χ0n) is 56.3. The van der Waals surface area contributed by atoms with Gasteiger partial charge in [0.05, 0.1) is 42.6 Å². The molecule has 0 radical (unpaired) electrons. The average molecular weight is 1480 g/mol. The number of rotatable bonds is 13. The number of nitrogens with one attached hydrogen (secondary N) is 2.